The summed E-state index contributed by atoms with van der Waals surface area (Å²) in [6.07, 6.45) is 15.4. The number of hydrogen-bond acceptors (Lipinski definition) is 7. The topological polar surface area (TPSA) is 159 Å². The third-order valence-corrected chi connectivity index (χ3v) is 9.52. The van der Waals surface area contributed by atoms with E-state index in [0.717, 1.165) is 74.8 Å². The van der Waals surface area contributed by atoms with Crippen molar-refractivity contribution in [2.75, 3.05) is 25.0 Å². The largest absolute Gasteiger partial charge is 0.387 e. The van der Waals surface area contributed by atoms with Crippen LogP contribution in [0.1, 0.15) is 119 Å². The van der Waals surface area contributed by atoms with Crippen molar-refractivity contribution < 1.29 is 19.2 Å². The maximum absolute atomic E-state index is 13.3. The standard InChI is InChI=1S/C39H55N7O4/c1-4-18-46(19-5-2)39(50)32-21-30-15-16-31(22-34(30)45-35(40)23-32)38(49)44-33-20-28(24-41-26-33)25-43-36(47)10-8-7-9-17-42-37(48)29-13-11-27(6-3)12-14-29/h15-16,20-22,24,26-27,29H,4-14,17-19,23,25H2,1-3H3,(H2,40,45)(H,42,48)(H,43,47)(H,44,49). The minimum absolute atomic E-state index is 0.0401. The van der Waals surface area contributed by atoms with Crippen LogP contribution in [0.4, 0.5) is 11.4 Å². The molecule has 0 radical (unpaired) electrons. The molecule has 0 saturated heterocycles. The molecular weight excluding hydrogens is 630 g/mol. The van der Waals surface area contributed by atoms with Crippen molar-refractivity contribution in [2.24, 2.45) is 22.6 Å². The first-order chi connectivity index (χ1) is 24.2. The highest BCUT2D eigenvalue weighted by molar-refractivity contribution is 6.08. The quantitative estimate of drug-likeness (QED) is 0.144. The molecule has 0 atom stereocenters. The predicted octanol–water partition coefficient (Wildman–Crippen LogP) is 6.27. The van der Waals surface area contributed by atoms with Crippen LogP contribution in [-0.2, 0) is 20.9 Å². The maximum Gasteiger partial charge on any atom is 0.255 e. The Bertz CT molecular complexity index is 1540. The fourth-order valence-electron chi connectivity index (χ4n) is 6.65. The molecular formula is C39H55N7O4. The van der Waals surface area contributed by atoms with Crippen molar-refractivity contribution in [3.05, 3.63) is 58.9 Å². The number of fused-ring (bicyclic) bond motifs is 1. The van der Waals surface area contributed by atoms with Crippen LogP contribution >= 0.6 is 0 Å². The van der Waals surface area contributed by atoms with Crippen LogP contribution in [0.15, 0.2) is 47.2 Å². The van der Waals surface area contributed by atoms with Gasteiger partial charge in [0.05, 0.1) is 17.6 Å². The second-order valence-electron chi connectivity index (χ2n) is 13.6. The van der Waals surface area contributed by atoms with Gasteiger partial charge in [-0.15, -0.1) is 0 Å². The van der Waals surface area contributed by atoms with Gasteiger partial charge in [-0.2, -0.15) is 0 Å². The number of nitrogens with two attached hydrogens (primary N) is 1. The number of unbranched alkanes of at least 4 members (excludes halogenated alkanes) is 2. The summed E-state index contributed by atoms with van der Waals surface area (Å²) < 4.78 is 0. The molecule has 1 aromatic carbocycles. The van der Waals surface area contributed by atoms with Gasteiger partial charge in [-0.25, -0.2) is 4.99 Å². The van der Waals surface area contributed by atoms with Gasteiger partial charge in [0.15, 0.2) is 0 Å². The molecule has 1 aliphatic carbocycles. The molecule has 1 fully saturated rings. The Hall–Kier alpha value is -4.54. The summed E-state index contributed by atoms with van der Waals surface area (Å²) in [5.74, 6) is 1.00. The van der Waals surface area contributed by atoms with Crippen LogP contribution in [0, 0.1) is 11.8 Å². The third kappa shape index (κ3) is 11.5. The number of amidine groups is 1. The Kier molecular flexibility index (Phi) is 15.0. The first kappa shape index (κ1) is 38.3. The van der Waals surface area contributed by atoms with Crippen LogP contribution in [0.5, 0.6) is 0 Å². The molecule has 1 saturated carbocycles. The molecule has 50 heavy (non-hydrogen) atoms. The number of nitrogens with one attached hydrogen (secondary N) is 3. The molecule has 2 heterocycles. The summed E-state index contributed by atoms with van der Waals surface area (Å²) in [4.78, 5) is 62.0. The number of nitrogens with zero attached hydrogens (tertiary/aromatic N) is 3. The molecule has 11 heteroatoms. The Morgan fingerprint density at radius 2 is 1.68 bits per heavy atom. The first-order valence-electron chi connectivity index (χ1n) is 18.5. The number of benzene rings is 1. The molecule has 11 nitrogen and oxygen atoms in total. The van der Waals surface area contributed by atoms with Crippen molar-refractivity contribution in [1.29, 1.82) is 0 Å². The van der Waals surface area contributed by atoms with Gasteiger partial charge in [0.25, 0.3) is 5.91 Å². The molecule has 4 rings (SSSR count). The summed E-state index contributed by atoms with van der Waals surface area (Å²) >= 11 is 0. The zero-order valence-corrected chi connectivity index (χ0v) is 30.1. The average molecular weight is 686 g/mol. The number of amides is 4. The second kappa shape index (κ2) is 19.6. The maximum atomic E-state index is 13.3. The normalized spacial score (nSPS) is 17.0. The Labute approximate surface area is 297 Å². The fraction of sp³-hybridized carbons (Fsp3) is 0.538. The number of anilines is 1. The molecule has 5 N–H and O–H groups in total. The van der Waals surface area contributed by atoms with E-state index in [1.807, 2.05) is 24.8 Å². The van der Waals surface area contributed by atoms with E-state index >= 15 is 0 Å². The molecule has 0 unspecified atom stereocenters. The van der Waals surface area contributed by atoms with Gasteiger partial charge >= 0.3 is 0 Å². The van der Waals surface area contributed by atoms with Crippen molar-refractivity contribution in [3.8, 4) is 0 Å². The van der Waals surface area contributed by atoms with E-state index in [2.05, 4.69) is 32.9 Å². The van der Waals surface area contributed by atoms with Crippen LogP contribution in [0.3, 0.4) is 0 Å². The second-order valence-corrected chi connectivity index (χ2v) is 13.6. The minimum atomic E-state index is -0.341. The molecule has 1 aliphatic heterocycles. The number of pyridine rings is 1. The Morgan fingerprint density at radius 1 is 0.920 bits per heavy atom. The SMILES string of the molecule is CCCN(CCC)C(=O)C1=Cc2ccc(C(=O)Nc3cncc(CNC(=O)CCCCCNC(=O)C4CCC(CC)CC4)c3)cc2N=C(N)C1. The zero-order chi connectivity index (χ0) is 35.9. The van der Waals surface area contributed by atoms with Gasteiger partial charge < -0.3 is 26.6 Å². The Balaban J connectivity index is 1.22. The lowest BCUT2D eigenvalue weighted by molar-refractivity contribution is -0.127. The van der Waals surface area contributed by atoms with Crippen LogP contribution in [-0.4, -0.2) is 59.0 Å². The number of aromatic nitrogens is 1. The van der Waals surface area contributed by atoms with Gasteiger partial charge in [0, 0.05) is 67.8 Å². The number of aliphatic imine (C=N–C) groups is 1. The lowest BCUT2D eigenvalue weighted by atomic mass is 9.80. The van der Waals surface area contributed by atoms with Crippen LogP contribution in [0.25, 0.3) is 6.08 Å². The molecule has 1 aromatic heterocycles. The summed E-state index contributed by atoms with van der Waals surface area (Å²) in [5, 5.41) is 8.89. The molecule has 270 valence electrons. The van der Waals surface area contributed by atoms with E-state index in [9.17, 15) is 19.2 Å². The monoisotopic (exact) mass is 685 g/mol. The van der Waals surface area contributed by atoms with E-state index < -0.39 is 0 Å². The molecule has 0 spiro atoms. The average Bonchev–Trinajstić information content (AvgIpc) is 3.29. The van der Waals surface area contributed by atoms with Gasteiger partial charge in [0.2, 0.25) is 17.7 Å². The smallest absolute Gasteiger partial charge is 0.255 e. The summed E-state index contributed by atoms with van der Waals surface area (Å²) in [5.41, 5.74) is 9.70. The van der Waals surface area contributed by atoms with E-state index in [1.54, 1.807) is 36.7 Å². The molecule has 2 aliphatic rings. The third-order valence-electron chi connectivity index (χ3n) is 9.52. The van der Waals surface area contributed by atoms with Crippen molar-refractivity contribution in [2.45, 2.75) is 104 Å². The highest BCUT2D eigenvalue weighted by atomic mass is 16.2. The Morgan fingerprint density at radius 3 is 2.40 bits per heavy atom. The number of rotatable bonds is 17. The van der Waals surface area contributed by atoms with Gasteiger partial charge in [-0.05, 0) is 87.1 Å². The highest BCUT2D eigenvalue weighted by Crippen LogP contribution is 2.31. The number of hydrogen-bond donors (Lipinski definition) is 4. The van der Waals surface area contributed by atoms with E-state index in [0.29, 0.717) is 60.9 Å². The minimum Gasteiger partial charge on any atom is -0.387 e. The molecule has 4 amide bonds. The van der Waals surface area contributed by atoms with E-state index in [-0.39, 0.29) is 36.0 Å². The lowest BCUT2D eigenvalue weighted by Crippen LogP contribution is -2.34. The van der Waals surface area contributed by atoms with Crippen molar-refractivity contribution >= 4 is 46.9 Å². The fourth-order valence-corrected chi connectivity index (χ4v) is 6.65. The molecule has 2 aromatic rings. The first-order valence-corrected chi connectivity index (χ1v) is 18.5. The van der Waals surface area contributed by atoms with Gasteiger partial charge in [-0.1, -0.05) is 39.7 Å². The molecule has 0 bridgehead atoms. The summed E-state index contributed by atoms with van der Waals surface area (Å²) in [6.45, 7) is 8.63. The number of carbonyl (C=O) groups is 4. The lowest BCUT2D eigenvalue weighted by Gasteiger charge is -2.26. The van der Waals surface area contributed by atoms with E-state index in [4.69, 9.17) is 5.73 Å². The van der Waals surface area contributed by atoms with Crippen molar-refractivity contribution in [3.63, 3.8) is 0 Å². The van der Waals surface area contributed by atoms with Crippen molar-refractivity contribution in [1.82, 2.24) is 20.5 Å². The summed E-state index contributed by atoms with van der Waals surface area (Å²) in [7, 11) is 0. The van der Waals surface area contributed by atoms with Crippen LogP contribution < -0.4 is 21.7 Å². The predicted molar refractivity (Wildman–Crippen MR) is 199 cm³/mol. The van der Waals surface area contributed by atoms with Gasteiger partial charge in [0.1, 0.15) is 5.84 Å². The van der Waals surface area contributed by atoms with Crippen LogP contribution in [0.2, 0.25) is 0 Å². The summed E-state index contributed by atoms with van der Waals surface area (Å²) in [6, 6.07) is 6.92. The zero-order valence-electron chi connectivity index (χ0n) is 30.1. The van der Waals surface area contributed by atoms with E-state index in [1.165, 1.54) is 6.42 Å². The number of carbonyl (C=O) groups excluding carboxylic acids is 4. The highest BCUT2D eigenvalue weighted by Gasteiger charge is 2.25. The van der Waals surface area contributed by atoms with Gasteiger partial charge in [-0.3, -0.25) is 24.2 Å².